The molecule has 6 nitrogen and oxygen atoms in total. The minimum atomic E-state index is -0.656. The first kappa shape index (κ1) is 21.8. The van der Waals surface area contributed by atoms with Crippen molar-refractivity contribution in [2.24, 2.45) is 0 Å². The van der Waals surface area contributed by atoms with Gasteiger partial charge >= 0.3 is 0 Å². The second-order valence-corrected chi connectivity index (χ2v) is 8.08. The van der Waals surface area contributed by atoms with Gasteiger partial charge in [0.1, 0.15) is 5.82 Å². The summed E-state index contributed by atoms with van der Waals surface area (Å²) in [6.07, 6.45) is 3.95. The van der Waals surface area contributed by atoms with Crippen molar-refractivity contribution in [3.05, 3.63) is 99.2 Å². The van der Waals surface area contributed by atoms with Crippen LogP contribution < -0.4 is 16.2 Å². The molecule has 32 heavy (non-hydrogen) atoms. The third-order valence-electron chi connectivity index (χ3n) is 5.56. The van der Waals surface area contributed by atoms with Crippen LogP contribution in [0.5, 0.6) is 0 Å². The SMILES string of the molecule is O=C(N[C@H]1CCC[C@H]1NC(=O)c1ccc(Cl)c(F)c1)c1ccc(-n2ccccc2=O)cc1. The summed E-state index contributed by atoms with van der Waals surface area (Å²) in [5.74, 6) is -1.33. The average molecular weight is 454 g/mol. The number of carbonyl (C=O) groups is 2. The van der Waals surface area contributed by atoms with Crippen molar-refractivity contribution in [3.8, 4) is 5.69 Å². The summed E-state index contributed by atoms with van der Waals surface area (Å²) in [7, 11) is 0. The van der Waals surface area contributed by atoms with E-state index in [0.717, 1.165) is 18.9 Å². The highest BCUT2D eigenvalue weighted by Crippen LogP contribution is 2.21. The Morgan fingerprint density at radius 3 is 2.16 bits per heavy atom. The molecular formula is C24H21ClFN3O3. The summed E-state index contributed by atoms with van der Waals surface area (Å²) < 4.78 is 15.2. The lowest BCUT2D eigenvalue weighted by molar-refractivity contribution is 0.0891. The predicted octanol–water partition coefficient (Wildman–Crippen LogP) is 3.71. The molecule has 3 aromatic rings. The Balaban J connectivity index is 1.41. The Hall–Kier alpha value is -3.45. The molecule has 0 spiro atoms. The Morgan fingerprint density at radius 2 is 1.53 bits per heavy atom. The highest BCUT2D eigenvalue weighted by atomic mass is 35.5. The minimum Gasteiger partial charge on any atom is -0.347 e. The number of pyridine rings is 1. The largest absolute Gasteiger partial charge is 0.347 e. The smallest absolute Gasteiger partial charge is 0.255 e. The van der Waals surface area contributed by atoms with E-state index < -0.39 is 11.7 Å². The molecule has 0 unspecified atom stereocenters. The highest BCUT2D eigenvalue weighted by molar-refractivity contribution is 6.30. The molecule has 0 aliphatic heterocycles. The van der Waals surface area contributed by atoms with Gasteiger partial charge in [-0.15, -0.1) is 0 Å². The van der Waals surface area contributed by atoms with E-state index in [9.17, 15) is 18.8 Å². The normalized spacial score (nSPS) is 17.7. The molecule has 1 heterocycles. The van der Waals surface area contributed by atoms with Gasteiger partial charge in [-0.3, -0.25) is 19.0 Å². The van der Waals surface area contributed by atoms with Gasteiger partial charge in [0.2, 0.25) is 0 Å². The summed E-state index contributed by atoms with van der Waals surface area (Å²) in [5, 5.41) is 5.81. The van der Waals surface area contributed by atoms with Gasteiger partial charge < -0.3 is 10.6 Å². The molecule has 8 heteroatoms. The number of aromatic nitrogens is 1. The molecule has 2 atom stereocenters. The number of halogens is 2. The third kappa shape index (κ3) is 4.73. The Bertz CT molecular complexity index is 1210. The maximum Gasteiger partial charge on any atom is 0.255 e. The Kier molecular flexibility index (Phi) is 6.37. The van der Waals surface area contributed by atoms with Crippen molar-refractivity contribution in [2.75, 3.05) is 0 Å². The highest BCUT2D eigenvalue weighted by Gasteiger charge is 2.30. The molecule has 0 bridgehead atoms. The van der Waals surface area contributed by atoms with Crippen molar-refractivity contribution >= 4 is 23.4 Å². The van der Waals surface area contributed by atoms with Crippen LogP contribution in [-0.2, 0) is 0 Å². The molecule has 2 N–H and O–H groups in total. The quantitative estimate of drug-likeness (QED) is 0.618. The van der Waals surface area contributed by atoms with E-state index in [1.54, 1.807) is 42.6 Å². The average Bonchev–Trinajstić information content (AvgIpc) is 3.22. The first-order valence-electron chi connectivity index (χ1n) is 10.3. The van der Waals surface area contributed by atoms with Gasteiger partial charge in [-0.2, -0.15) is 0 Å². The first-order valence-corrected chi connectivity index (χ1v) is 10.6. The second kappa shape index (κ2) is 9.36. The molecule has 2 amide bonds. The van der Waals surface area contributed by atoms with Crippen molar-refractivity contribution in [1.29, 1.82) is 0 Å². The summed E-state index contributed by atoms with van der Waals surface area (Å²) in [6, 6.07) is 15.0. The minimum absolute atomic E-state index is 0.0456. The van der Waals surface area contributed by atoms with Gasteiger partial charge in [0.05, 0.1) is 5.02 Å². The van der Waals surface area contributed by atoms with Crippen molar-refractivity contribution in [2.45, 2.75) is 31.3 Å². The van der Waals surface area contributed by atoms with Crippen molar-refractivity contribution in [1.82, 2.24) is 15.2 Å². The molecule has 1 aliphatic carbocycles. The molecular weight excluding hydrogens is 433 g/mol. The van der Waals surface area contributed by atoms with Crippen LogP contribution in [0.2, 0.25) is 5.02 Å². The van der Waals surface area contributed by atoms with Gasteiger partial charge in [0, 0.05) is 41.2 Å². The lowest BCUT2D eigenvalue weighted by Crippen LogP contribution is -2.48. The number of carbonyl (C=O) groups excluding carboxylic acids is 2. The standard InChI is InChI=1S/C24H21ClFN3O3/c25-18-12-9-16(14-19(18)26)24(32)28-21-5-3-4-20(21)27-23(31)15-7-10-17(11-8-15)29-13-2-1-6-22(29)30/h1-2,6-14,20-21H,3-5H2,(H,27,31)(H,28,32)/t20-,21+/m0/s1. The van der Waals surface area contributed by atoms with E-state index >= 15 is 0 Å². The molecule has 0 saturated heterocycles. The zero-order chi connectivity index (χ0) is 22.7. The molecule has 164 valence electrons. The fourth-order valence-corrected chi connectivity index (χ4v) is 3.98. The van der Waals surface area contributed by atoms with Crippen LogP contribution in [0.25, 0.3) is 5.69 Å². The number of hydrogen-bond donors (Lipinski definition) is 2. The number of nitrogens with zero attached hydrogens (tertiary/aromatic N) is 1. The van der Waals surface area contributed by atoms with Crippen molar-refractivity contribution in [3.63, 3.8) is 0 Å². The van der Waals surface area contributed by atoms with E-state index in [2.05, 4.69) is 10.6 Å². The van der Waals surface area contributed by atoms with Crippen LogP contribution in [-0.4, -0.2) is 28.5 Å². The van der Waals surface area contributed by atoms with Gasteiger partial charge in [0.15, 0.2) is 0 Å². The van der Waals surface area contributed by atoms with Crippen LogP contribution in [0, 0.1) is 5.82 Å². The van der Waals surface area contributed by atoms with Gasteiger partial charge in [-0.1, -0.05) is 17.7 Å². The number of nitrogens with one attached hydrogen (secondary N) is 2. The van der Waals surface area contributed by atoms with Gasteiger partial charge in [-0.05, 0) is 67.8 Å². The van der Waals surface area contributed by atoms with Crippen LogP contribution in [0.15, 0.2) is 71.7 Å². The Labute approximate surface area is 189 Å². The molecule has 4 rings (SSSR count). The summed E-state index contributed by atoms with van der Waals surface area (Å²) in [5.41, 5.74) is 1.13. The lowest BCUT2D eigenvalue weighted by atomic mass is 10.1. The monoisotopic (exact) mass is 453 g/mol. The van der Waals surface area contributed by atoms with E-state index in [-0.39, 0.29) is 34.1 Å². The topological polar surface area (TPSA) is 80.2 Å². The van der Waals surface area contributed by atoms with Crippen LogP contribution in [0.4, 0.5) is 4.39 Å². The zero-order valence-electron chi connectivity index (χ0n) is 17.1. The van der Waals surface area contributed by atoms with Crippen molar-refractivity contribution < 1.29 is 14.0 Å². The number of hydrogen-bond acceptors (Lipinski definition) is 3. The third-order valence-corrected chi connectivity index (χ3v) is 5.87. The van der Waals surface area contributed by atoms with Crippen LogP contribution in [0.3, 0.4) is 0 Å². The molecule has 2 aromatic carbocycles. The second-order valence-electron chi connectivity index (χ2n) is 7.68. The fourth-order valence-electron chi connectivity index (χ4n) is 3.86. The number of rotatable bonds is 5. The fraction of sp³-hybridized carbons (Fsp3) is 0.208. The summed E-state index contributed by atoms with van der Waals surface area (Å²) in [4.78, 5) is 37.2. The van der Waals surface area contributed by atoms with Gasteiger partial charge in [0.25, 0.3) is 17.4 Å². The first-order chi connectivity index (χ1) is 15.4. The molecule has 1 aromatic heterocycles. The number of benzene rings is 2. The van der Waals surface area contributed by atoms with E-state index in [1.807, 2.05) is 0 Å². The maximum atomic E-state index is 13.7. The maximum absolute atomic E-state index is 13.7. The van der Waals surface area contributed by atoms with Crippen LogP contribution >= 0.6 is 11.6 Å². The van der Waals surface area contributed by atoms with E-state index in [0.29, 0.717) is 17.7 Å². The molecule has 1 fully saturated rings. The predicted molar refractivity (Wildman–Crippen MR) is 120 cm³/mol. The van der Waals surface area contributed by atoms with Crippen LogP contribution in [0.1, 0.15) is 40.0 Å². The summed E-state index contributed by atoms with van der Waals surface area (Å²) >= 11 is 5.68. The Morgan fingerprint density at radius 1 is 0.906 bits per heavy atom. The zero-order valence-corrected chi connectivity index (χ0v) is 17.8. The van der Waals surface area contributed by atoms with E-state index in [4.69, 9.17) is 11.6 Å². The molecule has 0 radical (unpaired) electrons. The van der Waals surface area contributed by atoms with Gasteiger partial charge in [-0.25, -0.2) is 4.39 Å². The van der Waals surface area contributed by atoms with E-state index in [1.165, 1.54) is 22.8 Å². The lowest BCUT2D eigenvalue weighted by Gasteiger charge is -2.22. The summed E-state index contributed by atoms with van der Waals surface area (Å²) in [6.45, 7) is 0. The number of amides is 2. The molecule has 1 aliphatic rings. The molecule has 1 saturated carbocycles.